The van der Waals surface area contributed by atoms with Crippen LogP contribution in [0.5, 0.6) is 0 Å². The SMILES string of the molecule is CC(C)=CCCC(C)(O)C(O)CC/C(C)=C/C(O)COCC(O)C(O)C(O)CO. The second-order valence-corrected chi connectivity index (χ2v) is 8.16. The molecule has 7 N–H and O–H groups in total. The summed E-state index contributed by atoms with van der Waals surface area (Å²) >= 11 is 0. The highest BCUT2D eigenvalue weighted by molar-refractivity contribution is 5.03. The molecule has 0 aliphatic rings. The summed E-state index contributed by atoms with van der Waals surface area (Å²) in [5.41, 5.74) is 0.790. The summed E-state index contributed by atoms with van der Waals surface area (Å²) in [5, 5.41) is 67.8. The van der Waals surface area contributed by atoms with Gasteiger partial charge in [0.05, 0.1) is 37.6 Å². The Kier molecular flexibility index (Phi) is 13.8. The number of hydrogen-bond acceptors (Lipinski definition) is 8. The maximum absolute atomic E-state index is 10.4. The molecule has 0 saturated heterocycles. The Morgan fingerprint density at radius 3 is 2.17 bits per heavy atom. The van der Waals surface area contributed by atoms with E-state index < -0.39 is 42.7 Å². The van der Waals surface area contributed by atoms with Crippen molar-refractivity contribution in [3.8, 4) is 0 Å². The highest BCUT2D eigenvalue weighted by Crippen LogP contribution is 2.23. The summed E-state index contributed by atoms with van der Waals surface area (Å²) in [4.78, 5) is 0. The average Bonchev–Trinajstić information content (AvgIpc) is 2.63. The van der Waals surface area contributed by atoms with E-state index in [2.05, 4.69) is 0 Å². The first kappa shape index (κ1) is 28.2. The Bertz CT molecular complexity index is 499. The first-order valence-electron chi connectivity index (χ1n) is 10.0. The molecule has 8 nitrogen and oxygen atoms in total. The molecule has 0 rings (SSSR count). The van der Waals surface area contributed by atoms with E-state index in [1.54, 1.807) is 19.9 Å². The van der Waals surface area contributed by atoms with E-state index in [-0.39, 0.29) is 13.2 Å². The van der Waals surface area contributed by atoms with Gasteiger partial charge in [-0.25, -0.2) is 0 Å². The van der Waals surface area contributed by atoms with E-state index in [9.17, 15) is 30.6 Å². The average molecular weight is 421 g/mol. The standard InChI is InChI=1S/C21H40O8/c1-14(2)6-5-9-21(4,28)19(26)8-7-15(3)10-16(23)12-29-13-18(25)20(27)17(24)11-22/h6,10,16-20,22-28H,5,7-9,11-13H2,1-4H3/b15-10+. The minimum atomic E-state index is -1.54. The molecule has 0 spiro atoms. The van der Waals surface area contributed by atoms with Gasteiger partial charge in [0, 0.05) is 0 Å². The van der Waals surface area contributed by atoms with Crippen LogP contribution in [0.15, 0.2) is 23.3 Å². The first-order chi connectivity index (χ1) is 13.4. The number of rotatable bonds is 15. The van der Waals surface area contributed by atoms with Crippen molar-refractivity contribution in [3.05, 3.63) is 23.3 Å². The molecule has 29 heavy (non-hydrogen) atoms. The molecule has 0 aliphatic heterocycles. The van der Waals surface area contributed by atoms with Gasteiger partial charge in [0.15, 0.2) is 0 Å². The van der Waals surface area contributed by atoms with E-state index in [1.165, 1.54) is 0 Å². The minimum Gasteiger partial charge on any atom is -0.394 e. The predicted molar refractivity (Wildman–Crippen MR) is 110 cm³/mol. The Labute approximate surface area is 173 Å². The molecule has 0 radical (unpaired) electrons. The predicted octanol–water partition coefficient (Wildman–Crippen LogP) is 0.0237. The number of hydrogen-bond donors (Lipinski definition) is 7. The maximum atomic E-state index is 10.4. The number of allylic oxidation sites excluding steroid dienone is 3. The van der Waals surface area contributed by atoms with Crippen LogP contribution in [0.2, 0.25) is 0 Å². The Morgan fingerprint density at radius 2 is 1.62 bits per heavy atom. The van der Waals surface area contributed by atoms with Crippen LogP contribution >= 0.6 is 0 Å². The van der Waals surface area contributed by atoms with Gasteiger partial charge < -0.3 is 40.5 Å². The van der Waals surface area contributed by atoms with E-state index in [0.29, 0.717) is 25.7 Å². The van der Waals surface area contributed by atoms with Gasteiger partial charge in [-0.05, 0) is 53.4 Å². The van der Waals surface area contributed by atoms with Crippen LogP contribution in [0.4, 0.5) is 0 Å². The monoisotopic (exact) mass is 420 g/mol. The molecule has 0 fully saturated rings. The van der Waals surface area contributed by atoms with Crippen molar-refractivity contribution in [1.82, 2.24) is 0 Å². The molecule has 0 aromatic rings. The van der Waals surface area contributed by atoms with Gasteiger partial charge in [-0.2, -0.15) is 0 Å². The quantitative estimate of drug-likeness (QED) is 0.183. The van der Waals surface area contributed by atoms with Gasteiger partial charge in [-0.1, -0.05) is 23.3 Å². The van der Waals surface area contributed by atoms with E-state index in [1.807, 2.05) is 19.9 Å². The molecule has 0 bridgehead atoms. The van der Waals surface area contributed by atoms with Crippen molar-refractivity contribution in [3.63, 3.8) is 0 Å². The molecular formula is C21H40O8. The van der Waals surface area contributed by atoms with Crippen LogP contribution in [0.3, 0.4) is 0 Å². The summed E-state index contributed by atoms with van der Waals surface area (Å²) < 4.78 is 5.13. The van der Waals surface area contributed by atoms with E-state index >= 15 is 0 Å². The molecular weight excluding hydrogens is 380 g/mol. The second kappa shape index (κ2) is 14.2. The highest BCUT2D eigenvalue weighted by Gasteiger charge is 2.29. The molecule has 6 atom stereocenters. The minimum absolute atomic E-state index is 0.126. The van der Waals surface area contributed by atoms with Gasteiger partial charge in [0.25, 0.3) is 0 Å². The third-order valence-electron chi connectivity index (χ3n) is 4.76. The van der Waals surface area contributed by atoms with Crippen LogP contribution in [-0.4, -0.2) is 91.7 Å². The fourth-order valence-electron chi connectivity index (χ4n) is 2.73. The van der Waals surface area contributed by atoms with E-state index in [4.69, 9.17) is 9.84 Å². The van der Waals surface area contributed by atoms with Crippen LogP contribution in [-0.2, 0) is 4.74 Å². The summed E-state index contributed by atoms with van der Waals surface area (Å²) in [6.45, 7) is 6.26. The van der Waals surface area contributed by atoms with Crippen molar-refractivity contribution >= 4 is 0 Å². The normalized spacial score (nSPS) is 19.8. The third kappa shape index (κ3) is 12.5. The zero-order valence-corrected chi connectivity index (χ0v) is 18.0. The lowest BCUT2D eigenvalue weighted by Crippen LogP contribution is -2.42. The molecule has 0 aromatic heterocycles. The zero-order valence-electron chi connectivity index (χ0n) is 18.0. The van der Waals surface area contributed by atoms with Gasteiger partial charge in [0.2, 0.25) is 0 Å². The maximum Gasteiger partial charge on any atom is 0.110 e. The molecule has 172 valence electrons. The molecule has 0 heterocycles. The van der Waals surface area contributed by atoms with Crippen LogP contribution in [0, 0.1) is 0 Å². The van der Waals surface area contributed by atoms with Gasteiger partial charge in [0.1, 0.15) is 18.3 Å². The van der Waals surface area contributed by atoms with Gasteiger partial charge >= 0.3 is 0 Å². The van der Waals surface area contributed by atoms with Crippen LogP contribution in [0.25, 0.3) is 0 Å². The summed E-state index contributed by atoms with van der Waals surface area (Å²) in [6.07, 6.45) is -0.672. The zero-order chi connectivity index (χ0) is 22.6. The lowest BCUT2D eigenvalue weighted by molar-refractivity contribution is -0.103. The van der Waals surface area contributed by atoms with Crippen molar-refractivity contribution in [2.75, 3.05) is 19.8 Å². The molecule has 0 aliphatic carbocycles. The Morgan fingerprint density at radius 1 is 1.00 bits per heavy atom. The molecule has 8 heteroatoms. The van der Waals surface area contributed by atoms with E-state index in [0.717, 1.165) is 11.1 Å². The third-order valence-corrected chi connectivity index (χ3v) is 4.76. The fourth-order valence-corrected chi connectivity index (χ4v) is 2.73. The molecule has 6 unspecified atom stereocenters. The van der Waals surface area contributed by atoms with Crippen molar-refractivity contribution in [2.45, 2.75) is 89.5 Å². The highest BCUT2D eigenvalue weighted by atomic mass is 16.5. The van der Waals surface area contributed by atoms with Crippen LogP contribution in [0.1, 0.15) is 53.4 Å². The Balaban J connectivity index is 4.31. The van der Waals surface area contributed by atoms with Gasteiger partial charge in [-0.3, -0.25) is 0 Å². The second-order valence-electron chi connectivity index (χ2n) is 8.16. The number of aliphatic hydroxyl groups excluding tert-OH is 6. The summed E-state index contributed by atoms with van der Waals surface area (Å²) in [6, 6.07) is 0. The molecule has 0 amide bonds. The van der Waals surface area contributed by atoms with Crippen LogP contribution < -0.4 is 0 Å². The van der Waals surface area contributed by atoms with Crippen molar-refractivity contribution in [1.29, 1.82) is 0 Å². The van der Waals surface area contributed by atoms with Crippen molar-refractivity contribution < 1.29 is 40.5 Å². The molecule has 0 aromatic carbocycles. The first-order valence-corrected chi connectivity index (χ1v) is 10.0. The molecule has 0 saturated carbocycles. The number of ether oxygens (including phenoxy) is 1. The van der Waals surface area contributed by atoms with Gasteiger partial charge in [-0.15, -0.1) is 0 Å². The topological polar surface area (TPSA) is 151 Å². The lowest BCUT2D eigenvalue weighted by Gasteiger charge is -2.29. The summed E-state index contributed by atoms with van der Waals surface area (Å²) in [5.74, 6) is 0. The fraction of sp³-hybridized carbons (Fsp3) is 0.810. The largest absolute Gasteiger partial charge is 0.394 e. The Hall–Kier alpha value is -0.840. The smallest absolute Gasteiger partial charge is 0.110 e. The lowest BCUT2D eigenvalue weighted by atomic mass is 9.89. The summed E-state index contributed by atoms with van der Waals surface area (Å²) in [7, 11) is 0. The van der Waals surface area contributed by atoms with Crippen molar-refractivity contribution in [2.24, 2.45) is 0 Å². The number of aliphatic hydroxyl groups is 7.